The van der Waals surface area contributed by atoms with Crippen molar-refractivity contribution in [3.63, 3.8) is 0 Å². The zero-order valence-corrected chi connectivity index (χ0v) is 27.7. The summed E-state index contributed by atoms with van der Waals surface area (Å²) in [4.78, 5) is 70.3. The number of Topliss-reactive ketones (excluding diaryl/α,β-unsaturated/α-hetero) is 2. The minimum atomic E-state index is -1.14. The van der Waals surface area contributed by atoms with Gasteiger partial charge in [0.2, 0.25) is 5.91 Å². The van der Waals surface area contributed by atoms with E-state index in [1.807, 2.05) is 0 Å². The Morgan fingerprint density at radius 3 is 2.15 bits per heavy atom. The van der Waals surface area contributed by atoms with Crippen LogP contribution in [-0.2, 0) is 41.7 Å². The van der Waals surface area contributed by atoms with Gasteiger partial charge in [0, 0.05) is 51.3 Å². The highest BCUT2D eigenvalue weighted by atomic mass is 18.2. The van der Waals surface area contributed by atoms with E-state index in [-0.39, 0.29) is 36.9 Å². The topological polar surface area (TPSA) is 199 Å². The number of ether oxygens (including phenoxy) is 1. The summed E-state index contributed by atoms with van der Waals surface area (Å²) in [6.07, 6.45) is 11.5. The lowest BCUT2D eigenvalue weighted by Crippen LogP contribution is -2.49. The molecular formula is C32H53FN6O8. The molecule has 0 aliphatic heterocycles. The zero-order chi connectivity index (χ0) is 34.7. The molecule has 0 aliphatic carbocycles. The Hall–Kier alpha value is -3.91. The van der Waals surface area contributed by atoms with E-state index in [0.717, 1.165) is 44.9 Å². The van der Waals surface area contributed by atoms with Gasteiger partial charge in [-0.25, -0.2) is 18.7 Å². The van der Waals surface area contributed by atoms with Crippen LogP contribution in [0.2, 0.25) is 0 Å². The van der Waals surface area contributed by atoms with Crippen LogP contribution in [0.25, 0.3) is 0 Å². The van der Waals surface area contributed by atoms with E-state index >= 15 is 0 Å². The van der Waals surface area contributed by atoms with Crippen molar-refractivity contribution in [3.05, 3.63) is 11.9 Å². The van der Waals surface area contributed by atoms with Crippen molar-refractivity contribution in [1.29, 1.82) is 0 Å². The number of aromatic nitrogens is 3. The van der Waals surface area contributed by atoms with E-state index in [9.17, 15) is 33.2 Å². The number of aryl methyl sites for hydroxylation is 2. The van der Waals surface area contributed by atoms with Crippen LogP contribution in [0.1, 0.15) is 122 Å². The van der Waals surface area contributed by atoms with Crippen molar-refractivity contribution < 1.29 is 43.0 Å². The molecule has 1 aromatic heterocycles. The van der Waals surface area contributed by atoms with Gasteiger partial charge in [0.15, 0.2) is 6.23 Å². The molecule has 15 heteroatoms. The maximum absolute atomic E-state index is 12.3. The fourth-order valence-electron chi connectivity index (χ4n) is 4.85. The summed E-state index contributed by atoms with van der Waals surface area (Å²) in [5.74, 6) is -0.827. The van der Waals surface area contributed by atoms with Crippen LogP contribution in [-0.4, -0.2) is 81.5 Å². The third kappa shape index (κ3) is 21.5. The lowest BCUT2D eigenvalue weighted by atomic mass is 10.0. The first-order chi connectivity index (χ1) is 22.7. The van der Waals surface area contributed by atoms with E-state index < -0.39 is 30.9 Å². The number of rotatable bonds is 30. The molecule has 47 heavy (non-hydrogen) atoms. The third-order valence-electron chi connectivity index (χ3n) is 7.49. The van der Waals surface area contributed by atoms with Crippen molar-refractivity contribution >= 4 is 35.9 Å². The molecule has 14 nitrogen and oxygen atoms in total. The summed E-state index contributed by atoms with van der Waals surface area (Å²) in [7, 11) is 0. The summed E-state index contributed by atoms with van der Waals surface area (Å²) in [6.45, 7) is 2.11. The average molecular weight is 668 g/mol. The van der Waals surface area contributed by atoms with Crippen LogP contribution in [0.3, 0.4) is 0 Å². The molecular weight excluding hydrogens is 614 g/mol. The second kappa shape index (κ2) is 26.2. The van der Waals surface area contributed by atoms with Crippen LogP contribution >= 0.6 is 0 Å². The molecule has 0 bridgehead atoms. The first-order valence-electron chi connectivity index (χ1n) is 16.8. The number of alkyl halides is 1. The minimum absolute atomic E-state index is 0.0604. The first kappa shape index (κ1) is 41.1. The molecule has 0 aromatic carbocycles. The van der Waals surface area contributed by atoms with Gasteiger partial charge in [0.05, 0.1) is 12.2 Å². The molecule has 0 fully saturated rings. The third-order valence-corrected chi connectivity index (χ3v) is 7.49. The number of hydrogen-bond donors (Lipinski definition) is 4. The number of carbonyl (C=O) groups is 6. The fourth-order valence-corrected chi connectivity index (χ4v) is 4.85. The number of carboxylic acid groups (broad SMARTS) is 1. The van der Waals surface area contributed by atoms with Crippen molar-refractivity contribution in [2.24, 2.45) is 0 Å². The molecule has 3 amide bonds. The number of ketones is 2. The van der Waals surface area contributed by atoms with Gasteiger partial charge in [-0.2, -0.15) is 0 Å². The molecule has 0 aliphatic rings. The maximum atomic E-state index is 12.3. The number of amides is 3. The second-order valence-electron chi connectivity index (χ2n) is 11.6. The average Bonchev–Trinajstić information content (AvgIpc) is 3.48. The van der Waals surface area contributed by atoms with E-state index in [0.29, 0.717) is 76.4 Å². The first-order valence-corrected chi connectivity index (χ1v) is 16.8. The van der Waals surface area contributed by atoms with Gasteiger partial charge in [-0.15, -0.1) is 5.10 Å². The Bertz CT molecular complexity index is 1090. The quantitative estimate of drug-likeness (QED) is 0.0529. The van der Waals surface area contributed by atoms with Gasteiger partial charge in [0.25, 0.3) is 6.47 Å². The molecule has 1 aromatic rings. The van der Waals surface area contributed by atoms with Gasteiger partial charge in [-0.05, 0) is 51.4 Å². The number of aliphatic carboxylic acids is 1. The van der Waals surface area contributed by atoms with Crippen LogP contribution in [0, 0.1) is 0 Å². The number of carbonyl (C=O) groups excluding carboxylic acids is 5. The van der Waals surface area contributed by atoms with Gasteiger partial charge in [-0.1, -0.05) is 37.8 Å². The van der Waals surface area contributed by atoms with Crippen molar-refractivity contribution in [1.82, 2.24) is 30.9 Å². The zero-order valence-electron chi connectivity index (χ0n) is 27.7. The lowest BCUT2D eigenvalue weighted by Gasteiger charge is -2.19. The van der Waals surface area contributed by atoms with Crippen LogP contribution < -0.4 is 16.0 Å². The molecule has 266 valence electrons. The molecule has 2 atom stereocenters. The van der Waals surface area contributed by atoms with Gasteiger partial charge in [0.1, 0.15) is 24.3 Å². The molecule has 0 unspecified atom stereocenters. The molecule has 0 saturated heterocycles. The number of hydrogen-bond acceptors (Lipinski definition) is 9. The predicted molar refractivity (Wildman–Crippen MR) is 171 cm³/mol. The summed E-state index contributed by atoms with van der Waals surface area (Å²) < 4.78 is 18.6. The number of halogens is 1. The van der Waals surface area contributed by atoms with E-state index in [1.54, 1.807) is 13.1 Å². The van der Waals surface area contributed by atoms with Gasteiger partial charge in [-0.3, -0.25) is 19.2 Å². The molecule has 1 rings (SSSR count). The van der Waals surface area contributed by atoms with E-state index in [2.05, 4.69) is 26.3 Å². The Morgan fingerprint density at radius 2 is 1.53 bits per heavy atom. The summed E-state index contributed by atoms with van der Waals surface area (Å²) in [6, 6.07) is -1.77. The number of nitrogens with zero attached hydrogens (tertiary/aromatic N) is 3. The molecule has 0 radical (unpaired) electrons. The van der Waals surface area contributed by atoms with E-state index in [4.69, 9.17) is 9.84 Å². The van der Waals surface area contributed by atoms with Crippen molar-refractivity contribution in [2.45, 2.75) is 141 Å². The highest BCUT2D eigenvalue weighted by Gasteiger charge is 2.21. The Labute approximate surface area is 276 Å². The molecule has 0 spiro atoms. The highest BCUT2D eigenvalue weighted by molar-refractivity contribution is 5.82. The lowest BCUT2D eigenvalue weighted by molar-refractivity contribution is -0.140. The fraction of sp³-hybridized carbons (Fsp3) is 0.750. The maximum Gasteiger partial charge on any atom is 0.326 e. The summed E-state index contributed by atoms with van der Waals surface area (Å²) in [5, 5.41) is 24.5. The molecule has 1 heterocycles. The summed E-state index contributed by atoms with van der Waals surface area (Å²) in [5.41, 5.74) is 0.684. The SMILES string of the molecule is CCC[C@H](NC(=O)N[C@@H](CCCCNC(=O)CCCCCCC(=O)CCCCCC(=O)CCc1cn(CC[18F])nn1)OC=O)C(=O)O. The highest BCUT2D eigenvalue weighted by Crippen LogP contribution is 2.11. The summed E-state index contributed by atoms with van der Waals surface area (Å²) >= 11 is 0. The molecule has 0 saturated carbocycles. The largest absolute Gasteiger partial charge is 0.480 e. The number of urea groups is 1. The Kier molecular flexibility index (Phi) is 22.9. The number of nitrogens with one attached hydrogen (secondary N) is 3. The minimum Gasteiger partial charge on any atom is -0.480 e. The van der Waals surface area contributed by atoms with Crippen molar-refractivity contribution in [3.8, 4) is 0 Å². The smallest absolute Gasteiger partial charge is 0.326 e. The monoisotopic (exact) mass is 667 g/mol. The van der Waals surface area contributed by atoms with Gasteiger partial charge >= 0.3 is 12.0 Å². The number of carboxylic acids is 1. The van der Waals surface area contributed by atoms with Crippen LogP contribution in [0.15, 0.2) is 6.20 Å². The molecule has 4 N–H and O–H groups in total. The Balaban J connectivity index is 2.01. The van der Waals surface area contributed by atoms with Crippen LogP contribution in [0.4, 0.5) is 9.18 Å². The van der Waals surface area contributed by atoms with Crippen LogP contribution in [0.5, 0.6) is 0 Å². The van der Waals surface area contributed by atoms with Gasteiger partial charge < -0.3 is 25.8 Å². The van der Waals surface area contributed by atoms with E-state index in [1.165, 1.54) is 4.68 Å². The van der Waals surface area contributed by atoms with Crippen molar-refractivity contribution in [2.75, 3.05) is 13.2 Å². The number of unbranched alkanes of at least 4 members (excludes halogenated alkanes) is 6. The standard InChI is InChI=1S/C32H53FN6O8/c1-2-12-28(31(44)45)35-32(46)36-30(47-24-40)17-10-11-21-34-29(43)16-9-4-3-6-13-26(41)14-7-5-8-15-27(42)19-18-25-23-39(22-20-33)38-37-25/h23-24,28,30H,2-22H2,1H3,(H,34,43)(H,44,45)(H2,35,36,46)/t28-,30+/m0/s1/i33-1. The predicted octanol–water partition coefficient (Wildman–Crippen LogP) is 3.95. The second-order valence-corrected chi connectivity index (χ2v) is 11.6. The normalized spacial score (nSPS) is 12.1. The Morgan fingerprint density at radius 1 is 0.894 bits per heavy atom.